The number of ether oxygens (including phenoxy) is 1. The number of likely N-dealkylation sites (tertiary alicyclic amines) is 2. The smallest absolute Gasteiger partial charge is 0.226 e. The van der Waals surface area contributed by atoms with E-state index in [-0.39, 0.29) is 11.7 Å². The van der Waals surface area contributed by atoms with Crippen LogP contribution in [0.5, 0.6) is 11.5 Å². The Labute approximate surface area is 150 Å². The fourth-order valence-corrected chi connectivity index (χ4v) is 4.05. The molecule has 0 unspecified atom stereocenters. The Morgan fingerprint density at radius 3 is 2.64 bits per heavy atom. The highest BCUT2D eigenvalue weighted by atomic mass is 16.5. The number of amides is 1. The number of quaternary nitrogens is 1. The van der Waals surface area contributed by atoms with E-state index in [1.807, 2.05) is 19.1 Å². The summed E-state index contributed by atoms with van der Waals surface area (Å²) in [5.41, 5.74) is 1.18. The predicted molar refractivity (Wildman–Crippen MR) is 96.8 cm³/mol. The van der Waals surface area contributed by atoms with Crippen molar-refractivity contribution in [2.24, 2.45) is 5.92 Å². The van der Waals surface area contributed by atoms with Gasteiger partial charge in [0.2, 0.25) is 5.91 Å². The van der Waals surface area contributed by atoms with Crippen LogP contribution in [-0.4, -0.2) is 48.7 Å². The molecule has 2 heterocycles. The second kappa shape index (κ2) is 8.56. The minimum absolute atomic E-state index is 0.200. The molecule has 0 radical (unpaired) electrons. The van der Waals surface area contributed by atoms with Crippen LogP contribution in [0.15, 0.2) is 18.2 Å². The second-order valence-electron chi connectivity index (χ2n) is 7.32. The van der Waals surface area contributed by atoms with Gasteiger partial charge in [-0.2, -0.15) is 0 Å². The predicted octanol–water partition coefficient (Wildman–Crippen LogP) is 1.60. The highest BCUT2D eigenvalue weighted by molar-refractivity contribution is 5.79. The molecule has 1 aromatic carbocycles. The summed E-state index contributed by atoms with van der Waals surface area (Å²) >= 11 is 0. The Balaban J connectivity index is 1.50. The van der Waals surface area contributed by atoms with Gasteiger partial charge in [-0.3, -0.25) is 4.79 Å². The molecule has 2 aliphatic heterocycles. The van der Waals surface area contributed by atoms with Gasteiger partial charge < -0.3 is 19.6 Å². The van der Waals surface area contributed by atoms with Crippen LogP contribution < -0.4 is 9.64 Å². The number of phenols is 1. The second-order valence-corrected chi connectivity index (χ2v) is 7.32. The van der Waals surface area contributed by atoms with Crippen LogP contribution in [-0.2, 0) is 11.3 Å². The first-order valence-electron chi connectivity index (χ1n) is 9.74. The van der Waals surface area contributed by atoms with Gasteiger partial charge in [-0.05, 0) is 44.4 Å². The van der Waals surface area contributed by atoms with E-state index in [0.717, 1.165) is 45.6 Å². The van der Waals surface area contributed by atoms with E-state index in [4.69, 9.17) is 4.74 Å². The van der Waals surface area contributed by atoms with E-state index >= 15 is 0 Å². The van der Waals surface area contributed by atoms with Crippen molar-refractivity contribution in [1.82, 2.24) is 4.90 Å². The van der Waals surface area contributed by atoms with Crippen molar-refractivity contribution in [3.8, 4) is 11.5 Å². The third kappa shape index (κ3) is 4.66. The highest BCUT2D eigenvalue weighted by Crippen LogP contribution is 2.26. The number of aromatic hydroxyl groups is 1. The summed E-state index contributed by atoms with van der Waals surface area (Å²) in [6.07, 6.45) is 5.57. The molecular weight excluding hydrogens is 316 g/mol. The molecule has 5 heteroatoms. The molecule has 3 rings (SSSR count). The number of hydrogen-bond donors (Lipinski definition) is 2. The molecule has 5 nitrogen and oxygen atoms in total. The third-order valence-electron chi connectivity index (χ3n) is 5.49. The lowest BCUT2D eigenvalue weighted by Crippen LogP contribution is -3.11. The van der Waals surface area contributed by atoms with Gasteiger partial charge in [0.25, 0.3) is 0 Å². The first kappa shape index (κ1) is 18.1. The zero-order valence-electron chi connectivity index (χ0n) is 15.3. The number of nitrogens with zero attached hydrogens (tertiary/aromatic N) is 1. The first-order valence-corrected chi connectivity index (χ1v) is 9.74. The topological polar surface area (TPSA) is 54.2 Å². The lowest BCUT2D eigenvalue weighted by atomic mass is 9.94. The van der Waals surface area contributed by atoms with Crippen LogP contribution in [0.25, 0.3) is 0 Å². The standard InChI is InChI=1S/C20H30N2O3/c1-2-25-19-14-16(6-7-18(19)23)15-21-12-8-17(9-13-21)20(24)22-10-4-3-5-11-22/h6-7,14,17,23H,2-5,8-13,15H2,1H3/p+1. The highest BCUT2D eigenvalue weighted by Gasteiger charge is 2.31. The molecule has 2 saturated heterocycles. The summed E-state index contributed by atoms with van der Waals surface area (Å²) in [7, 11) is 0. The number of nitrogens with one attached hydrogen (secondary N) is 1. The number of benzene rings is 1. The van der Waals surface area contributed by atoms with Crippen LogP contribution >= 0.6 is 0 Å². The molecule has 0 saturated carbocycles. The molecule has 138 valence electrons. The van der Waals surface area contributed by atoms with Gasteiger partial charge in [-0.1, -0.05) is 0 Å². The van der Waals surface area contributed by atoms with Gasteiger partial charge in [0, 0.05) is 37.4 Å². The third-order valence-corrected chi connectivity index (χ3v) is 5.49. The molecule has 0 aliphatic carbocycles. The Morgan fingerprint density at radius 1 is 1.24 bits per heavy atom. The van der Waals surface area contributed by atoms with Crippen LogP contribution in [0.4, 0.5) is 0 Å². The Morgan fingerprint density at radius 2 is 1.96 bits per heavy atom. The van der Waals surface area contributed by atoms with E-state index in [0.29, 0.717) is 18.3 Å². The summed E-state index contributed by atoms with van der Waals surface area (Å²) < 4.78 is 5.47. The van der Waals surface area contributed by atoms with Gasteiger partial charge in [0.1, 0.15) is 6.54 Å². The maximum Gasteiger partial charge on any atom is 0.226 e. The van der Waals surface area contributed by atoms with E-state index in [1.165, 1.54) is 29.7 Å². The number of hydrogen-bond acceptors (Lipinski definition) is 3. The summed E-state index contributed by atoms with van der Waals surface area (Å²) in [4.78, 5) is 16.2. The summed E-state index contributed by atoms with van der Waals surface area (Å²) in [5, 5.41) is 9.82. The lowest BCUT2D eigenvalue weighted by molar-refractivity contribution is -0.919. The Hall–Kier alpha value is -1.75. The monoisotopic (exact) mass is 347 g/mol. The molecular formula is C20H31N2O3+. The van der Waals surface area contributed by atoms with E-state index in [1.54, 1.807) is 6.07 Å². The molecule has 2 N–H and O–H groups in total. The van der Waals surface area contributed by atoms with Crippen LogP contribution in [0.1, 0.15) is 44.6 Å². The van der Waals surface area contributed by atoms with Gasteiger partial charge >= 0.3 is 0 Å². The Bertz CT molecular complexity index is 576. The van der Waals surface area contributed by atoms with Gasteiger partial charge in [0.15, 0.2) is 11.5 Å². The van der Waals surface area contributed by atoms with Crippen LogP contribution in [0.3, 0.4) is 0 Å². The zero-order chi connectivity index (χ0) is 17.6. The first-order chi connectivity index (χ1) is 12.2. The molecule has 25 heavy (non-hydrogen) atoms. The minimum atomic E-state index is 0.200. The quantitative estimate of drug-likeness (QED) is 0.851. The maximum atomic E-state index is 12.6. The number of rotatable bonds is 5. The average Bonchev–Trinajstić information content (AvgIpc) is 2.65. The van der Waals surface area contributed by atoms with Crippen molar-refractivity contribution in [2.75, 3.05) is 32.8 Å². The van der Waals surface area contributed by atoms with Crippen molar-refractivity contribution >= 4 is 5.91 Å². The van der Waals surface area contributed by atoms with Crippen molar-refractivity contribution in [2.45, 2.75) is 45.6 Å². The number of carbonyl (C=O) groups excluding carboxylic acids is 1. The van der Waals surface area contributed by atoms with Crippen molar-refractivity contribution < 1.29 is 19.5 Å². The van der Waals surface area contributed by atoms with E-state index < -0.39 is 0 Å². The fraction of sp³-hybridized carbons (Fsp3) is 0.650. The molecule has 0 spiro atoms. The van der Waals surface area contributed by atoms with Crippen molar-refractivity contribution in [1.29, 1.82) is 0 Å². The van der Waals surface area contributed by atoms with E-state index in [9.17, 15) is 9.90 Å². The van der Waals surface area contributed by atoms with Crippen molar-refractivity contribution in [3.05, 3.63) is 23.8 Å². The summed E-state index contributed by atoms with van der Waals surface area (Å²) in [6, 6.07) is 5.62. The summed E-state index contributed by atoms with van der Waals surface area (Å²) in [6.45, 7) is 7.38. The van der Waals surface area contributed by atoms with E-state index in [2.05, 4.69) is 4.90 Å². The average molecular weight is 347 g/mol. The Kier molecular flexibility index (Phi) is 6.19. The lowest BCUT2D eigenvalue weighted by Gasteiger charge is -2.34. The van der Waals surface area contributed by atoms with Crippen LogP contribution in [0, 0.1) is 5.92 Å². The molecule has 2 fully saturated rings. The maximum absolute atomic E-state index is 12.6. The number of phenolic OH excluding ortho intramolecular Hbond substituents is 1. The zero-order valence-corrected chi connectivity index (χ0v) is 15.3. The normalized spacial score (nSPS) is 24.1. The van der Waals surface area contributed by atoms with Gasteiger partial charge in [0.05, 0.1) is 19.7 Å². The summed E-state index contributed by atoms with van der Waals surface area (Å²) in [5.74, 6) is 1.38. The molecule has 1 amide bonds. The largest absolute Gasteiger partial charge is 0.504 e. The molecule has 0 aromatic heterocycles. The molecule has 0 bridgehead atoms. The number of carbonyl (C=O) groups is 1. The minimum Gasteiger partial charge on any atom is -0.504 e. The van der Waals surface area contributed by atoms with Gasteiger partial charge in [-0.15, -0.1) is 0 Å². The number of piperidine rings is 2. The van der Waals surface area contributed by atoms with Crippen LogP contribution in [0.2, 0.25) is 0 Å². The molecule has 2 aliphatic rings. The van der Waals surface area contributed by atoms with Gasteiger partial charge in [-0.25, -0.2) is 0 Å². The molecule has 0 atom stereocenters. The molecule has 1 aromatic rings. The van der Waals surface area contributed by atoms with Crippen molar-refractivity contribution in [3.63, 3.8) is 0 Å². The SMILES string of the molecule is CCOc1cc(C[NH+]2CCC(C(=O)N3CCCCC3)CC2)ccc1O. The fourth-order valence-electron chi connectivity index (χ4n) is 4.05.